The summed E-state index contributed by atoms with van der Waals surface area (Å²) in [7, 11) is 3.63. The van der Waals surface area contributed by atoms with Crippen LogP contribution in [-0.2, 0) is 58.7 Å². The number of aromatic nitrogens is 3. The van der Waals surface area contributed by atoms with Gasteiger partial charge in [0.2, 0.25) is 23.6 Å². The maximum absolute atomic E-state index is 14.2. The first kappa shape index (κ1) is 59.5. The van der Waals surface area contributed by atoms with Crippen molar-refractivity contribution in [3.63, 3.8) is 0 Å². The molecule has 6 aromatic rings. The maximum atomic E-state index is 14.2. The van der Waals surface area contributed by atoms with Crippen LogP contribution in [0, 0.1) is 0 Å². The molecule has 0 spiro atoms. The molecule has 5 aliphatic heterocycles. The van der Waals surface area contributed by atoms with Gasteiger partial charge >= 0.3 is 12.1 Å². The second kappa shape index (κ2) is 26.2. The number of hydrogen-bond acceptors (Lipinski definition) is 15. The Morgan fingerprint density at radius 2 is 1.08 bits per heavy atom. The lowest BCUT2D eigenvalue weighted by Gasteiger charge is -2.55. The molecule has 6 aliphatic rings. The summed E-state index contributed by atoms with van der Waals surface area (Å²) in [6.45, 7) is 9.48. The summed E-state index contributed by atoms with van der Waals surface area (Å²) in [6.07, 6.45) is 8.30. The van der Waals surface area contributed by atoms with Gasteiger partial charge in [-0.15, -0.1) is 13.2 Å². The predicted octanol–water partition coefficient (Wildman–Crippen LogP) is 4.89. The summed E-state index contributed by atoms with van der Waals surface area (Å²) in [5.41, 5.74) is 6.67. The minimum absolute atomic E-state index is 0.0424. The van der Waals surface area contributed by atoms with Crippen LogP contribution in [0.5, 0.6) is 11.5 Å². The molecule has 0 bridgehead atoms. The van der Waals surface area contributed by atoms with Crippen molar-refractivity contribution < 1.29 is 39.0 Å². The molecule has 8 amide bonds. The highest BCUT2D eigenvalue weighted by molar-refractivity contribution is 5.93. The fourth-order valence-electron chi connectivity index (χ4n) is 12.2. The normalized spacial score (nSPS) is 21.8. The molecule has 0 radical (unpaired) electrons. The third-order valence-corrected chi connectivity index (χ3v) is 16.4. The zero-order valence-electron chi connectivity index (χ0n) is 49.0. The van der Waals surface area contributed by atoms with Gasteiger partial charge in [0.15, 0.2) is 0 Å². The van der Waals surface area contributed by atoms with Crippen LogP contribution < -0.4 is 10.6 Å². The Labute approximate surface area is 509 Å². The molecule has 4 fully saturated rings. The number of phenolic OH excluding ortho intramolecular Hbond substituents is 2. The monoisotopic (exact) mass is 1190 g/mol. The standard InChI is InChI=1S/C32H36N8O4.C32H34N8O4/c1-3-15-38-21-30(42)39-28(17-22-9-12-25(41)13-10-22)31(43)37(19-24-11-14-27-26(16-24)34-35-36(27)2)20-29(39)40(38)32(44)33-18-23-7-5-4-6-8-23;1-3-15-38-21-30(42)39-28(17-22-9-12-25(41)13-10-22)31(43)37(19-24-11-14-26-27(16-24)35-36(2)34-26)20-29(39)40(38)32(44)33-18-23-7-5-4-6-8-23/h3-14,16,26-29,41H,1,15,17-21H2,2H3,(H,33,44);3-14,16,28-29,41H,1,15,17-21H2,2H3,(H,33,44)/t26?,27?,28-,29-;28-,29-/m00/s1. The van der Waals surface area contributed by atoms with Crippen LogP contribution in [0.2, 0.25) is 0 Å². The Hall–Kier alpha value is -10.2. The lowest BCUT2D eigenvalue weighted by Crippen LogP contribution is -2.76. The second-order valence-corrected chi connectivity index (χ2v) is 22.4. The third-order valence-electron chi connectivity index (χ3n) is 16.4. The maximum Gasteiger partial charge on any atom is 0.334 e. The zero-order chi connectivity index (χ0) is 61.6. The number of nitrogens with zero attached hydrogens (tertiary/aromatic N) is 14. The number of hydrogen-bond donors (Lipinski definition) is 4. The SMILES string of the molecule is C=CCN1CC(=O)N2[C@@H](Cc3ccc(O)cc3)C(=O)N(CC3=CC4N=NN(C)C4C=C3)C[C@@H]2N1C(=O)NCc1ccccc1.C=CCN1CC(=O)N2[C@@H](Cc3ccc(O)cc3)C(=O)N(Cc3ccc4nn(C)nc4c3)C[C@@H]2N1C(=O)NCc1ccccc1. The van der Waals surface area contributed by atoms with Crippen molar-refractivity contribution in [1.82, 2.24) is 70.3 Å². The van der Waals surface area contributed by atoms with Crippen LogP contribution in [0.25, 0.3) is 11.0 Å². The molecule has 454 valence electrons. The third kappa shape index (κ3) is 13.0. The van der Waals surface area contributed by atoms with Crippen molar-refractivity contribution in [1.29, 1.82) is 0 Å². The number of nitrogens with one attached hydrogen (secondary N) is 2. The summed E-state index contributed by atoms with van der Waals surface area (Å²) in [5, 5.41) is 51.2. The van der Waals surface area contributed by atoms with E-state index in [2.05, 4.69) is 44.3 Å². The number of aryl methyl sites for hydroxylation is 1. The number of fused-ring (bicyclic) bond motifs is 4. The molecule has 12 rings (SSSR count). The van der Waals surface area contributed by atoms with Crippen LogP contribution in [0.3, 0.4) is 0 Å². The van der Waals surface area contributed by atoms with Crippen LogP contribution in [0.4, 0.5) is 9.59 Å². The number of aromatic hydroxyl groups is 2. The topological polar surface area (TPSA) is 252 Å². The lowest BCUT2D eigenvalue weighted by atomic mass is 9.96. The van der Waals surface area contributed by atoms with E-state index in [4.69, 9.17) is 0 Å². The van der Waals surface area contributed by atoms with E-state index < -0.39 is 24.4 Å². The van der Waals surface area contributed by atoms with Gasteiger partial charge in [-0.1, -0.05) is 127 Å². The average molecular weight is 1190 g/mol. The summed E-state index contributed by atoms with van der Waals surface area (Å²) in [5.74, 6) is -0.688. The minimum Gasteiger partial charge on any atom is -0.508 e. The number of rotatable bonds is 16. The largest absolute Gasteiger partial charge is 0.508 e. The second-order valence-electron chi connectivity index (χ2n) is 22.4. The van der Waals surface area contributed by atoms with E-state index in [0.717, 1.165) is 38.9 Å². The molecule has 6 heterocycles. The Bertz CT molecular complexity index is 3670. The first-order valence-electron chi connectivity index (χ1n) is 29.1. The van der Waals surface area contributed by atoms with Crippen molar-refractivity contribution in [2.45, 2.75) is 69.0 Å². The average Bonchev–Trinajstić information content (AvgIpc) is 2.24. The Morgan fingerprint density at radius 3 is 1.58 bits per heavy atom. The van der Waals surface area contributed by atoms with E-state index in [0.29, 0.717) is 25.2 Å². The lowest BCUT2D eigenvalue weighted by molar-refractivity contribution is -0.189. The smallest absolute Gasteiger partial charge is 0.334 e. The van der Waals surface area contributed by atoms with Gasteiger partial charge in [-0.2, -0.15) is 20.1 Å². The van der Waals surface area contributed by atoms with Gasteiger partial charge in [0.1, 0.15) is 53.0 Å². The molecule has 6 atom stereocenters. The van der Waals surface area contributed by atoms with E-state index in [1.54, 1.807) is 112 Å². The van der Waals surface area contributed by atoms with Crippen LogP contribution in [0.1, 0.15) is 27.8 Å². The molecular formula is C64H70N16O8. The summed E-state index contributed by atoms with van der Waals surface area (Å²) in [6, 6.07) is 35.5. The zero-order valence-corrected chi connectivity index (χ0v) is 49.0. The van der Waals surface area contributed by atoms with Crippen molar-refractivity contribution in [2.75, 3.05) is 52.9 Å². The first-order valence-corrected chi connectivity index (χ1v) is 29.1. The highest BCUT2D eigenvalue weighted by Crippen LogP contribution is 2.33. The first-order chi connectivity index (χ1) is 42.6. The van der Waals surface area contributed by atoms with E-state index >= 15 is 0 Å². The van der Waals surface area contributed by atoms with Gasteiger partial charge in [-0.3, -0.25) is 24.2 Å². The highest BCUT2D eigenvalue weighted by Gasteiger charge is 2.53. The molecule has 24 heteroatoms. The van der Waals surface area contributed by atoms with E-state index in [-0.39, 0.29) is 118 Å². The number of benzene rings is 5. The van der Waals surface area contributed by atoms with Crippen LogP contribution in [-0.4, -0.2) is 195 Å². The number of piperazine rings is 2. The van der Waals surface area contributed by atoms with E-state index in [9.17, 15) is 39.0 Å². The number of urea groups is 2. The molecule has 4 saturated heterocycles. The fraction of sp³-hybridized carbons (Fsp3) is 0.312. The van der Waals surface area contributed by atoms with Crippen molar-refractivity contribution >= 4 is 46.7 Å². The van der Waals surface area contributed by atoms with Crippen LogP contribution >= 0.6 is 0 Å². The van der Waals surface area contributed by atoms with Gasteiger partial charge in [0, 0.05) is 66.2 Å². The molecule has 1 aromatic heterocycles. The van der Waals surface area contributed by atoms with Gasteiger partial charge in [0.05, 0.1) is 32.2 Å². The molecular weight excluding hydrogens is 1120 g/mol. The van der Waals surface area contributed by atoms with Gasteiger partial charge in [-0.05, 0) is 69.8 Å². The summed E-state index contributed by atoms with van der Waals surface area (Å²) < 4.78 is 0. The molecule has 1 aliphatic carbocycles. The number of likely N-dealkylation sites (N-methyl/N-ethyl adjacent to an activating group) is 1. The number of hydrazine groups is 2. The van der Waals surface area contributed by atoms with Crippen molar-refractivity contribution in [3.8, 4) is 11.5 Å². The number of carbonyl (C=O) groups is 6. The molecule has 0 saturated carbocycles. The quantitative estimate of drug-likeness (QED) is 0.0945. The Balaban J connectivity index is 0.000000182. The molecule has 88 heavy (non-hydrogen) atoms. The van der Waals surface area contributed by atoms with E-state index in [1.165, 1.54) is 4.80 Å². The molecule has 24 nitrogen and oxygen atoms in total. The fourth-order valence-corrected chi connectivity index (χ4v) is 12.2. The van der Waals surface area contributed by atoms with Crippen molar-refractivity contribution in [2.24, 2.45) is 17.4 Å². The highest BCUT2D eigenvalue weighted by atomic mass is 16.3. The molecule has 2 unspecified atom stereocenters. The predicted molar refractivity (Wildman–Crippen MR) is 325 cm³/mol. The Kier molecular flexibility index (Phi) is 17.7. The van der Waals surface area contributed by atoms with E-state index in [1.807, 2.05) is 104 Å². The van der Waals surface area contributed by atoms with Gasteiger partial charge < -0.3 is 40.4 Å². The van der Waals surface area contributed by atoms with Crippen molar-refractivity contribution in [3.05, 3.63) is 204 Å². The Morgan fingerprint density at radius 1 is 0.602 bits per heavy atom. The number of amides is 8. The van der Waals surface area contributed by atoms with Gasteiger partial charge in [0.25, 0.3) is 0 Å². The van der Waals surface area contributed by atoms with Crippen LogP contribution in [0.15, 0.2) is 187 Å². The molecule has 5 aromatic carbocycles. The summed E-state index contributed by atoms with van der Waals surface area (Å²) >= 11 is 0. The van der Waals surface area contributed by atoms with Gasteiger partial charge in [-0.25, -0.2) is 29.6 Å². The summed E-state index contributed by atoms with van der Waals surface area (Å²) in [4.78, 5) is 91.6. The minimum atomic E-state index is -0.860. The number of carbonyl (C=O) groups excluding carboxylic acids is 6. The molecule has 4 N–H and O–H groups in total. The number of phenols is 2.